The molecule has 3 aliphatic rings. The van der Waals surface area contributed by atoms with Gasteiger partial charge in [-0.05, 0) is 25.5 Å². The van der Waals surface area contributed by atoms with Gasteiger partial charge < -0.3 is 14.4 Å². The molecule has 0 aromatic heterocycles. The van der Waals surface area contributed by atoms with E-state index in [4.69, 9.17) is 9.47 Å². The highest BCUT2D eigenvalue weighted by atomic mass is 16.5. The van der Waals surface area contributed by atoms with Crippen LogP contribution in [0.1, 0.15) is 24.8 Å². The molecule has 0 aliphatic carbocycles. The van der Waals surface area contributed by atoms with E-state index in [0.29, 0.717) is 5.92 Å². The number of benzene rings is 1. The standard InChI is InChI=1S/C19H28N2O2/c1-20-9-7-19(8-10-20)15-21(12-16-6-11-22-14-16)13-17-4-2-3-5-18(17)23-19/h2-5,16H,6-15H2,1H3/t16-/m1/s1. The third kappa shape index (κ3) is 3.39. The van der Waals surface area contributed by atoms with Gasteiger partial charge in [0, 0.05) is 57.7 Å². The predicted octanol–water partition coefficient (Wildman–Crippen LogP) is 2.38. The van der Waals surface area contributed by atoms with Crippen molar-refractivity contribution in [3.05, 3.63) is 29.8 Å². The van der Waals surface area contributed by atoms with E-state index >= 15 is 0 Å². The number of fused-ring (bicyclic) bond motifs is 1. The highest BCUT2D eigenvalue weighted by molar-refractivity contribution is 5.35. The summed E-state index contributed by atoms with van der Waals surface area (Å²) in [5, 5.41) is 0. The minimum atomic E-state index is -0.0153. The van der Waals surface area contributed by atoms with Gasteiger partial charge in [0.2, 0.25) is 0 Å². The Labute approximate surface area is 139 Å². The lowest BCUT2D eigenvalue weighted by atomic mass is 9.90. The summed E-state index contributed by atoms with van der Waals surface area (Å²) >= 11 is 0. The van der Waals surface area contributed by atoms with Crippen LogP contribution in [0.3, 0.4) is 0 Å². The fraction of sp³-hybridized carbons (Fsp3) is 0.684. The minimum absolute atomic E-state index is 0.0153. The van der Waals surface area contributed by atoms with Gasteiger partial charge in [-0.15, -0.1) is 0 Å². The quantitative estimate of drug-likeness (QED) is 0.836. The first-order chi connectivity index (χ1) is 11.2. The summed E-state index contributed by atoms with van der Waals surface area (Å²) in [6.07, 6.45) is 3.44. The van der Waals surface area contributed by atoms with Gasteiger partial charge in [-0.2, -0.15) is 0 Å². The van der Waals surface area contributed by atoms with Crippen LogP contribution in [-0.2, 0) is 11.3 Å². The van der Waals surface area contributed by atoms with Crippen LogP contribution in [0, 0.1) is 5.92 Å². The molecule has 1 atom stereocenters. The summed E-state index contributed by atoms with van der Waals surface area (Å²) < 4.78 is 12.2. The van der Waals surface area contributed by atoms with Gasteiger partial charge in [0.25, 0.3) is 0 Å². The Balaban J connectivity index is 1.57. The van der Waals surface area contributed by atoms with Gasteiger partial charge in [0.15, 0.2) is 0 Å². The number of hydrogen-bond donors (Lipinski definition) is 0. The lowest BCUT2D eigenvalue weighted by Gasteiger charge is -2.42. The van der Waals surface area contributed by atoms with Crippen molar-refractivity contribution in [1.82, 2.24) is 9.80 Å². The normalized spacial score (nSPS) is 28.3. The lowest BCUT2D eigenvalue weighted by Crippen LogP contribution is -2.53. The Morgan fingerprint density at radius 1 is 1.22 bits per heavy atom. The molecular formula is C19H28N2O2. The molecule has 0 N–H and O–H groups in total. The molecule has 4 heteroatoms. The number of para-hydroxylation sites is 1. The van der Waals surface area contributed by atoms with Gasteiger partial charge in [-0.25, -0.2) is 0 Å². The van der Waals surface area contributed by atoms with Crippen molar-refractivity contribution >= 4 is 0 Å². The molecule has 23 heavy (non-hydrogen) atoms. The maximum Gasteiger partial charge on any atom is 0.124 e. The average Bonchev–Trinajstić information content (AvgIpc) is 2.99. The summed E-state index contributed by atoms with van der Waals surface area (Å²) in [6, 6.07) is 8.60. The zero-order valence-electron chi connectivity index (χ0n) is 14.2. The fourth-order valence-electron chi connectivity index (χ4n) is 4.21. The zero-order chi connectivity index (χ0) is 15.7. The van der Waals surface area contributed by atoms with Crippen LogP contribution in [0.15, 0.2) is 24.3 Å². The lowest BCUT2D eigenvalue weighted by molar-refractivity contribution is -0.0158. The summed E-state index contributed by atoms with van der Waals surface area (Å²) in [5.41, 5.74) is 1.32. The van der Waals surface area contributed by atoms with Crippen molar-refractivity contribution in [2.24, 2.45) is 5.92 Å². The van der Waals surface area contributed by atoms with Crippen LogP contribution in [-0.4, -0.2) is 61.8 Å². The number of ether oxygens (including phenoxy) is 2. The van der Waals surface area contributed by atoms with Crippen molar-refractivity contribution in [3.63, 3.8) is 0 Å². The number of likely N-dealkylation sites (tertiary alicyclic amines) is 1. The van der Waals surface area contributed by atoms with Crippen LogP contribution in [0.25, 0.3) is 0 Å². The maximum absolute atomic E-state index is 6.63. The number of rotatable bonds is 2. The number of piperidine rings is 1. The molecule has 2 fully saturated rings. The van der Waals surface area contributed by atoms with Crippen LogP contribution >= 0.6 is 0 Å². The summed E-state index contributed by atoms with van der Waals surface area (Å²) in [7, 11) is 2.21. The van der Waals surface area contributed by atoms with E-state index in [9.17, 15) is 0 Å². The molecule has 0 amide bonds. The van der Waals surface area contributed by atoms with Crippen LogP contribution < -0.4 is 4.74 Å². The molecule has 3 heterocycles. The highest BCUT2D eigenvalue weighted by Crippen LogP contribution is 2.35. The molecular weight excluding hydrogens is 288 g/mol. The third-order valence-corrected chi connectivity index (χ3v) is 5.64. The predicted molar refractivity (Wildman–Crippen MR) is 90.7 cm³/mol. The van der Waals surface area contributed by atoms with Crippen LogP contribution in [0.2, 0.25) is 0 Å². The molecule has 126 valence electrons. The molecule has 2 saturated heterocycles. The van der Waals surface area contributed by atoms with Crippen molar-refractivity contribution in [2.75, 3.05) is 46.4 Å². The molecule has 1 aromatic rings. The number of nitrogens with zero attached hydrogens (tertiary/aromatic N) is 2. The second-order valence-corrected chi connectivity index (χ2v) is 7.60. The first kappa shape index (κ1) is 15.4. The molecule has 4 nitrogen and oxygen atoms in total. The van der Waals surface area contributed by atoms with E-state index in [1.165, 1.54) is 12.0 Å². The average molecular weight is 316 g/mol. The van der Waals surface area contributed by atoms with Gasteiger partial charge in [-0.3, -0.25) is 4.90 Å². The molecule has 0 radical (unpaired) electrons. The smallest absolute Gasteiger partial charge is 0.124 e. The van der Waals surface area contributed by atoms with Crippen molar-refractivity contribution in [2.45, 2.75) is 31.4 Å². The SMILES string of the molecule is CN1CCC2(CC1)CN(C[C@H]1CCOC1)Cc1ccccc1O2. The van der Waals surface area contributed by atoms with Crippen LogP contribution in [0.4, 0.5) is 0 Å². The monoisotopic (exact) mass is 316 g/mol. The first-order valence-corrected chi connectivity index (χ1v) is 8.98. The Hall–Kier alpha value is -1.10. The Morgan fingerprint density at radius 2 is 2.04 bits per heavy atom. The second-order valence-electron chi connectivity index (χ2n) is 7.60. The maximum atomic E-state index is 6.63. The van der Waals surface area contributed by atoms with Crippen molar-refractivity contribution in [1.29, 1.82) is 0 Å². The summed E-state index contributed by atoms with van der Waals surface area (Å²) in [4.78, 5) is 5.04. The van der Waals surface area contributed by atoms with Gasteiger partial charge in [0.05, 0.1) is 6.61 Å². The number of hydrogen-bond acceptors (Lipinski definition) is 4. The fourth-order valence-corrected chi connectivity index (χ4v) is 4.21. The Bertz CT molecular complexity index is 534. The Morgan fingerprint density at radius 3 is 2.83 bits per heavy atom. The van der Waals surface area contributed by atoms with Gasteiger partial charge >= 0.3 is 0 Å². The minimum Gasteiger partial charge on any atom is -0.486 e. The van der Waals surface area contributed by atoms with Crippen molar-refractivity contribution in [3.8, 4) is 5.75 Å². The van der Waals surface area contributed by atoms with E-state index in [0.717, 1.165) is 64.5 Å². The third-order valence-electron chi connectivity index (χ3n) is 5.64. The van der Waals surface area contributed by atoms with E-state index in [2.05, 4.69) is 41.1 Å². The summed E-state index contributed by atoms with van der Waals surface area (Å²) in [6.45, 7) is 7.30. The van der Waals surface area contributed by atoms with E-state index in [-0.39, 0.29) is 5.60 Å². The van der Waals surface area contributed by atoms with E-state index in [1.807, 2.05) is 0 Å². The molecule has 3 aliphatic heterocycles. The summed E-state index contributed by atoms with van der Waals surface area (Å²) in [5.74, 6) is 1.78. The molecule has 1 spiro atoms. The Kier molecular flexibility index (Phi) is 4.31. The second kappa shape index (κ2) is 6.42. The van der Waals surface area contributed by atoms with E-state index in [1.54, 1.807) is 0 Å². The zero-order valence-corrected chi connectivity index (χ0v) is 14.2. The molecule has 0 saturated carbocycles. The van der Waals surface area contributed by atoms with Crippen LogP contribution in [0.5, 0.6) is 5.75 Å². The molecule has 4 rings (SSSR count). The molecule has 0 bridgehead atoms. The first-order valence-electron chi connectivity index (χ1n) is 8.98. The van der Waals surface area contributed by atoms with Gasteiger partial charge in [0.1, 0.15) is 11.4 Å². The van der Waals surface area contributed by atoms with Gasteiger partial charge in [-0.1, -0.05) is 18.2 Å². The molecule has 0 unspecified atom stereocenters. The largest absolute Gasteiger partial charge is 0.486 e. The van der Waals surface area contributed by atoms with E-state index < -0.39 is 0 Å². The topological polar surface area (TPSA) is 24.9 Å². The molecule has 1 aromatic carbocycles. The van der Waals surface area contributed by atoms with Crippen molar-refractivity contribution < 1.29 is 9.47 Å². The highest BCUT2D eigenvalue weighted by Gasteiger charge is 2.40.